The molecule has 0 heterocycles. The van der Waals surface area contributed by atoms with E-state index in [1.165, 1.54) is 6.08 Å². The molecule has 5 heteroatoms. The average Bonchev–Trinajstić information content (AvgIpc) is 2.25. The van der Waals surface area contributed by atoms with E-state index in [0.717, 1.165) is 0 Å². The van der Waals surface area contributed by atoms with Crippen LogP contribution in [-0.4, -0.2) is 22.1 Å². The smallest absolute Gasteiger partial charge is 0.241 e. The van der Waals surface area contributed by atoms with E-state index in [1.54, 1.807) is 33.1 Å². The molecule has 0 radical (unpaired) electrons. The second-order valence-electron chi connectivity index (χ2n) is 3.73. The summed E-state index contributed by atoms with van der Waals surface area (Å²) in [6, 6.07) is 3.41. The van der Waals surface area contributed by atoms with Gasteiger partial charge < -0.3 is 4.74 Å². The molecule has 0 unspecified atom stereocenters. The van der Waals surface area contributed by atoms with Crippen LogP contribution >= 0.6 is 0 Å². The van der Waals surface area contributed by atoms with Gasteiger partial charge in [0.1, 0.15) is 5.75 Å². The largest absolute Gasteiger partial charge is 0.497 e. The van der Waals surface area contributed by atoms with E-state index in [9.17, 15) is 8.42 Å². The molecule has 1 aromatic rings. The molecule has 94 valence electrons. The van der Waals surface area contributed by atoms with Crippen LogP contribution < -0.4 is 9.46 Å². The molecule has 1 rings (SSSR count). The van der Waals surface area contributed by atoms with Crippen LogP contribution in [0.15, 0.2) is 29.7 Å². The highest BCUT2D eigenvalue weighted by Crippen LogP contribution is 2.25. The van der Waals surface area contributed by atoms with Crippen molar-refractivity contribution in [3.8, 4) is 5.75 Å². The minimum Gasteiger partial charge on any atom is -0.497 e. The third-order valence-corrected chi connectivity index (χ3v) is 4.08. The Balaban J connectivity index is 3.27. The lowest BCUT2D eigenvalue weighted by molar-refractivity contribution is 0.413. The molecule has 0 aliphatic rings. The molecule has 4 nitrogen and oxygen atoms in total. The zero-order chi connectivity index (χ0) is 13.1. The number of benzene rings is 1. The number of hydrogen-bond acceptors (Lipinski definition) is 3. The standard InChI is InChI=1S/C12H17NO3S/c1-5-6-13-17(14,15)12-9(2)7-11(16-4)8-10(12)3/h5,7-8,13H,1,6H2,2-4H3. The van der Waals surface area contributed by atoms with Crippen LogP contribution in [0.5, 0.6) is 5.75 Å². The summed E-state index contributed by atoms with van der Waals surface area (Å²) in [6.07, 6.45) is 1.51. The fraction of sp³-hybridized carbons (Fsp3) is 0.333. The van der Waals surface area contributed by atoms with E-state index in [-0.39, 0.29) is 6.54 Å². The third-order valence-electron chi connectivity index (χ3n) is 2.36. The van der Waals surface area contributed by atoms with Crippen molar-refractivity contribution in [2.24, 2.45) is 0 Å². The topological polar surface area (TPSA) is 55.4 Å². The molecule has 0 fully saturated rings. The van der Waals surface area contributed by atoms with Gasteiger partial charge in [-0.05, 0) is 37.1 Å². The quantitative estimate of drug-likeness (QED) is 0.816. The van der Waals surface area contributed by atoms with Crippen LogP contribution in [0.3, 0.4) is 0 Å². The van der Waals surface area contributed by atoms with E-state index in [2.05, 4.69) is 11.3 Å². The summed E-state index contributed by atoms with van der Waals surface area (Å²) >= 11 is 0. The lowest BCUT2D eigenvalue weighted by Crippen LogP contribution is -2.25. The maximum absolute atomic E-state index is 12.0. The number of rotatable bonds is 5. The van der Waals surface area contributed by atoms with E-state index >= 15 is 0 Å². The van der Waals surface area contributed by atoms with Gasteiger partial charge in [0.2, 0.25) is 10.0 Å². The Morgan fingerprint density at radius 3 is 2.29 bits per heavy atom. The van der Waals surface area contributed by atoms with Gasteiger partial charge in [-0.2, -0.15) is 0 Å². The first kappa shape index (κ1) is 13.7. The van der Waals surface area contributed by atoms with E-state index < -0.39 is 10.0 Å². The molecule has 0 aliphatic heterocycles. The first-order valence-electron chi connectivity index (χ1n) is 5.18. The van der Waals surface area contributed by atoms with Crippen molar-refractivity contribution in [3.05, 3.63) is 35.9 Å². The van der Waals surface area contributed by atoms with Crippen LogP contribution in [0, 0.1) is 13.8 Å². The molecule has 1 aromatic carbocycles. The Kier molecular flexibility index (Phi) is 4.31. The molecule has 0 bridgehead atoms. The summed E-state index contributed by atoms with van der Waals surface area (Å²) in [5.41, 5.74) is 1.33. The summed E-state index contributed by atoms with van der Waals surface area (Å²) < 4.78 is 31.6. The molecule has 0 amide bonds. The zero-order valence-electron chi connectivity index (χ0n) is 10.3. The van der Waals surface area contributed by atoms with E-state index in [1.807, 2.05) is 0 Å². The molecule has 0 aliphatic carbocycles. The summed E-state index contributed by atoms with van der Waals surface area (Å²) in [5, 5.41) is 0. The Bertz CT molecular complexity index is 498. The fourth-order valence-corrected chi connectivity index (χ4v) is 3.14. The fourth-order valence-electron chi connectivity index (χ4n) is 1.69. The van der Waals surface area contributed by atoms with Gasteiger partial charge in [-0.3, -0.25) is 0 Å². The van der Waals surface area contributed by atoms with Crippen LogP contribution in [0.1, 0.15) is 11.1 Å². The second kappa shape index (κ2) is 5.33. The van der Waals surface area contributed by atoms with Gasteiger partial charge >= 0.3 is 0 Å². The molecule has 0 spiro atoms. The van der Waals surface area contributed by atoms with Gasteiger partial charge in [0, 0.05) is 6.54 Å². The monoisotopic (exact) mass is 255 g/mol. The Labute approximate surface area is 102 Å². The molecule has 1 N–H and O–H groups in total. The summed E-state index contributed by atoms with van der Waals surface area (Å²) in [4.78, 5) is 0.306. The predicted octanol–water partition coefficient (Wildman–Crippen LogP) is 1.78. The van der Waals surface area contributed by atoms with Crippen molar-refractivity contribution in [1.82, 2.24) is 4.72 Å². The number of hydrogen-bond donors (Lipinski definition) is 1. The average molecular weight is 255 g/mol. The van der Waals surface area contributed by atoms with Crippen molar-refractivity contribution >= 4 is 10.0 Å². The van der Waals surface area contributed by atoms with Gasteiger partial charge in [0.25, 0.3) is 0 Å². The summed E-state index contributed by atoms with van der Waals surface area (Å²) in [7, 11) is -1.93. The maximum Gasteiger partial charge on any atom is 0.241 e. The Hall–Kier alpha value is -1.33. The molecular weight excluding hydrogens is 238 g/mol. The second-order valence-corrected chi connectivity index (χ2v) is 5.43. The molecule has 0 saturated heterocycles. The number of nitrogens with one attached hydrogen (secondary N) is 1. The normalized spacial score (nSPS) is 11.2. The van der Waals surface area contributed by atoms with Gasteiger partial charge in [-0.25, -0.2) is 13.1 Å². The van der Waals surface area contributed by atoms with Crippen molar-refractivity contribution in [3.63, 3.8) is 0 Å². The first-order valence-corrected chi connectivity index (χ1v) is 6.66. The minimum atomic E-state index is -3.49. The van der Waals surface area contributed by atoms with Crippen molar-refractivity contribution in [2.75, 3.05) is 13.7 Å². The lowest BCUT2D eigenvalue weighted by atomic mass is 10.1. The Morgan fingerprint density at radius 2 is 1.88 bits per heavy atom. The van der Waals surface area contributed by atoms with E-state index in [4.69, 9.17) is 4.74 Å². The number of ether oxygens (including phenoxy) is 1. The number of aryl methyl sites for hydroxylation is 2. The number of sulfonamides is 1. The van der Waals surface area contributed by atoms with Gasteiger partial charge in [-0.1, -0.05) is 6.08 Å². The molecular formula is C12H17NO3S. The van der Waals surface area contributed by atoms with Crippen LogP contribution in [-0.2, 0) is 10.0 Å². The van der Waals surface area contributed by atoms with Crippen molar-refractivity contribution < 1.29 is 13.2 Å². The van der Waals surface area contributed by atoms with Gasteiger partial charge in [0.15, 0.2) is 0 Å². The third kappa shape index (κ3) is 3.08. The molecule has 0 aromatic heterocycles. The van der Waals surface area contributed by atoms with Crippen molar-refractivity contribution in [1.29, 1.82) is 0 Å². The Morgan fingerprint density at radius 1 is 1.35 bits per heavy atom. The lowest BCUT2D eigenvalue weighted by Gasteiger charge is -2.12. The highest BCUT2D eigenvalue weighted by atomic mass is 32.2. The molecule has 0 saturated carbocycles. The molecule has 0 atom stereocenters. The summed E-state index contributed by atoms with van der Waals surface area (Å²) in [6.45, 7) is 7.19. The van der Waals surface area contributed by atoms with Crippen LogP contribution in [0.4, 0.5) is 0 Å². The predicted molar refractivity (Wildman–Crippen MR) is 67.9 cm³/mol. The van der Waals surface area contributed by atoms with E-state index in [0.29, 0.717) is 21.8 Å². The highest BCUT2D eigenvalue weighted by molar-refractivity contribution is 7.89. The summed E-state index contributed by atoms with van der Waals surface area (Å²) in [5.74, 6) is 0.655. The van der Waals surface area contributed by atoms with Crippen LogP contribution in [0.25, 0.3) is 0 Å². The zero-order valence-corrected chi connectivity index (χ0v) is 11.1. The van der Waals surface area contributed by atoms with Gasteiger partial charge in [-0.15, -0.1) is 6.58 Å². The highest BCUT2D eigenvalue weighted by Gasteiger charge is 2.19. The minimum absolute atomic E-state index is 0.216. The molecule has 17 heavy (non-hydrogen) atoms. The maximum atomic E-state index is 12.0. The van der Waals surface area contributed by atoms with Gasteiger partial charge in [0.05, 0.1) is 12.0 Å². The van der Waals surface area contributed by atoms with Crippen LogP contribution in [0.2, 0.25) is 0 Å². The SMILES string of the molecule is C=CCNS(=O)(=O)c1c(C)cc(OC)cc1C. The first-order chi connectivity index (χ1) is 7.92. The number of methoxy groups -OCH3 is 1. The van der Waals surface area contributed by atoms with Crippen molar-refractivity contribution in [2.45, 2.75) is 18.7 Å².